The molecule has 2 aliphatic rings. The number of benzene rings is 1. The Morgan fingerprint density at radius 1 is 1.10 bits per heavy atom. The highest BCUT2D eigenvalue weighted by Crippen LogP contribution is 2.45. The molecule has 14 heteroatoms. The first kappa shape index (κ1) is 27.1. The Labute approximate surface area is 232 Å². The number of halogens is 4. The van der Waals surface area contributed by atoms with E-state index in [1.165, 1.54) is 33.5 Å². The Balaban J connectivity index is 1.37. The molecule has 9 nitrogen and oxygen atoms in total. The second-order valence-corrected chi connectivity index (χ2v) is 12.1. The number of nitrogens with zero attached hydrogens (tertiary/aromatic N) is 6. The van der Waals surface area contributed by atoms with Gasteiger partial charge in [0.25, 0.3) is 0 Å². The Bertz CT molecular complexity index is 1750. The summed E-state index contributed by atoms with van der Waals surface area (Å²) < 4.78 is 90.8. The Kier molecular flexibility index (Phi) is 6.49. The first-order chi connectivity index (χ1) is 19.4. The average molecular weight is 589 g/mol. The Morgan fingerprint density at radius 3 is 2.59 bits per heavy atom. The largest absolute Gasteiger partial charge is 0.477 e. The van der Waals surface area contributed by atoms with E-state index in [0.717, 1.165) is 35.2 Å². The maximum absolute atomic E-state index is 13.5. The smallest absolute Gasteiger partial charge is 0.416 e. The van der Waals surface area contributed by atoms with Crippen LogP contribution in [-0.2, 0) is 29.7 Å². The van der Waals surface area contributed by atoms with Gasteiger partial charge >= 0.3 is 6.18 Å². The molecular weight excluding hydrogens is 564 g/mol. The topological polar surface area (TPSA) is 95.1 Å². The summed E-state index contributed by atoms with van der Waals surface area (Å²) in [7, 11) is -2.29. The monoisotopic (exact) mass is 588 g/mol. The van der Waals surface area contributed by atoms with E-state index in [2.05, 4.69) is 15.2 Å². The van der Waals surface area contributed by atoms with Gasteiger partial charge in [0.1, 0.15) is 17.3 Å². The van der Waals surface area contributed by atoms with Crippen LogP contribution in [0.25, 0.3) is 11.8 Å². The number of sulfonamides is 1. The third-order valence-corrected chi connectivity index (χ3v) is 9.26. The second kappa shape index (κ2) is 9.80. The van der Waals surface area contributed by atoms with E-state index in [4.69, 9.17) is 4.74 Å². The lowest BCUT2D eigenvalue weighted by Gasteiger charge is -2.45. The van der Waals surface area contributed by atoms with Crippen LogP contribution in [0.3, 0.4) is 0 Å². The summed E-state index contributed by atoms with van der Waals surface area (Å²) in [5.74, 6) is -0.594. The molecule has 0 saturated carbocycles. The maximum atomic E-state index is 13.5. The molecule has 0 N–H and O–H groups in total. The lowest BCUT2D eigenvalue weighted by molar-refractivity contribution is -0.137. The van der Waals surface area contributed by atoms with Crippen molar-refractivity contribution < 1.29 is 30.7 Å². The van der Waals surface area contributed by atoms with E-state index in [-0.39, 0.29) is 36.3 Å². The minimum atomic E-state index is -4.57. The molecule has 0 bridgehead atoms. The number of pyridine rings is 1. The van der Waals surface area contributed by atoms with Crippen LogP contribution >= 0.6 is 0 Å². The van der Waals surface area contributed by atoms with Gasteiger partial charge in [-0.3, -0.25) is 4.68 Å². The van der Waals surface area contributed by atoms with Gasteiger partial charge in [-0.2, -0.15) is 27.7 Å². The summed E-state index contributed by atoms with van der Waals surface area (Å²) in [5.41, 5.74) is 1.28. The molecule has 0 amide bonds. The molecule has 1 aliphatic carbocycles. The molecule has 0 radical (unpaired) electrons. The number of aromatic nitrogens is 5. The molecular formula is C27H24F4N6O3S. The van der Waals surface area contributed by atoms with Gasteiger partial charge < -0.3 is 4.74 Å². The van der Waals surface area contributed by atoms with E-state index in [1.807, 2.05) is 6.08 Å². The summed E-state index contributed by atoms with van der Waals surface area (Å²) in [6, 6.07) is 7.56. The fraction of sp³-hybridized carbons (Fsp3) is 0.296. The van der Waals surface area contributed by atoms with Crippen LogP contribution < -0.4 is 4.74 Å². The van der Waals surface area contributed by atoms with Crippen molar-refractivity contribution in [3.63, 3.8) is 0 Å². The molecule has 4 heterocycles. The summed E-state index contributed by atoms with van der Waals surface area (Å²) >= 11 is 0. The maximum Gasteiger partial charge on any atom is 0.416 e. The molecule has 3 aromatic heterocycles. The zero-order chi connectivity index (χ0) is 29.0. The van der Waals surface area contributed by atoms with E-state index in [9.17, 15) is 26.0 Å². The van der Waals surface area contributed by atoms with E-state index in [1.54, 1.807) is 30.1 Å². The molecule has 214 valence electrons. The van der Waals surface area contributed by atoms with Crippen molar-refractivity contribution in [1.82, 2.24) is 28.9 Å². The van der Waals surface area contributed by atoms with Gasteiger partial charge in [0.2, 0.25) is 15.9 Å². The van der Waals surface area contributed by atoms with Crippen LogP contribution in [-0.4, -0.2) is 57.0 Å². The number of aryl methyl sites for hydroxylation is 1. The number of hydrogen-bond donors (Lipinski definition) is 0. The predicted molar refractivity (Wildman–Crippen MR) is 139 cm³/mol. The van der Waals surface area contributed by atoms with Gasteiger partial charge in [-0.05, 0) is 54.8 Å². The van der Waals surface area contributed by atoms with Crippen molar-refractivity contribution in [2.45, 2.75) is 23.9 Å². The van der Waals surface area contributed by atoms with Gasteiger partial charge in [0.15, 0.2) is 0 Å². The molecule has 1 fully saturated rings. The van der Waals surface area contributed by atoms with Gasteiger partial charge in [-0.25, -0.2) is 22.5 Å². The fourth-order valence-corrected chi connectivity index (χ4v) is 6.89. The molecule has 1 aliphatic heterocycles. The highest BCUT2D eigenvalue weighted by atomic mass is 32.2. The van der Waals surface area contributed by atoms with Gasteiger partial charge in [0, 0.05) is 44.0 Å². The van der Waals surface area contributed by atoms with Crippen LogP contribution in [0.15, 0.2) is 71.7 Å². The molecule has 0 spiro atoms. The highest BCUT2D eigenvalue weighted by Gasteiger charge is 2.47. The SMILES string of the molecule is Cn1cc(S(=O)(=O)N2CCC3=Cc4c(cnn4-c4ccc(F)cc4)C[C@]3(COc3cc(C(F)(F)F)ccn3)C2)cn1. The van der Waals surface area contributed by atoms with E-state index < -0.39 is 27.2 Å². The molecule has 1 atom stereocenters. The van der Waals surface area contributed by atoms with Crippen molar-refractivity contribution in [3.05, 3.63) is 89.4 Å². The summed E-state index contributed by atoms with van der Waals surface area (Å²) in [6.07, 6.45) is 3.40. The molecule has 0 unspecified atom stereocenters. The predicted octanol–water partition coefficient (Wildman–Crippen LogP) is 4.26. The molecule has 4 aromatic rings. The number of hydrogen-bond acceptors (Lipinski definition) is 6. The summed E-state index contributed by atoms with van der Waals surface area (Å²) in [4.78, 5) is 4.00. The van der Waals surface area contributed by atoms with Gasteiger partial charge in [-0.1, -0.05) is 5.57 Å². The van der Waals surface area contributed by atoms with Crippen molar-refractivity contribution >= 4 is 16.1 Å². The molecule has 1 aromatic carbocycles. The number of alkyl halides is 3. The van der Waals surface area contributed by atoms with Crippen LogP contribution in [0.2, 0.25) is 0 Å². The van der Waals surface area contributed by atoms with Gasteiger partial charge in [-0.15, -0.1) is 0 Å². The molecule has 6 rings (SSSR count). The Hall–Kier alpha value is -4.04. The third-order valence-electron chi connectivity index (χ3n) is 7.47. The first-order valence-corrected chi connectivity index (χ1v) is 14.1. The van der Waals surface area contributed by atoms with Crippen molar-refractivity contribution in [2.24, 2.45) is 12.5 Å². The number of rotatable bonds is 6. The fourth-order valence-electron chi connectivity index (χ4n) is 5.38. The van der Waals surface area contributed by atoms with Gasteiger partial charge in [0.05, 0.1) is 29.3 Å². The van der Waals surface area contributed by atoms with E-state index >= 15 is 0 Å². The summed E-state index contributed by atoms with van der Waals surface area (Å²) in [6.45, 7) is 0.0935. The first-order valence-electron chi connectivity index (χ1n) is 12.6. The van der Waals surface area contributed by atoms with Crippen LogP contribution in [0.5, 0.6) is 5.88 Å². The molecule has 41 heavy (non-hydrogen) atoms. The second-order valence-electron chi connectivity index (χ2n) is 10.2. The summed E-state index contributed by atoms with van der Waals surface area (Å²) in [5, 5.41) is 8.48. The normalized spacial score (nSPS) is 19.4. The highest BCUT2D eigenvalue weighted by molar-refractivity contribution is 7.89. The van der Waals surface area contributed by atoms with Crippen LogP contribution in [0.1, 0.15) is 23.2 Å². The standard InChI is InChI=1S/C27H24F4N6O3S/c1-35-15-23(14-33-35)41(38,39)36-9-7-19-10-24-18(13-34-37(24)22-4-2-21(28)3-5-22)12-26(19,16-36)17-40-25-11-20(6-8-32-25)27(29,30)31/h2-6,8,10-11,13-15H,7,9,12,16-17H2,1H3/t26-/m1/s1. The zero-order valence-corrected chi connectivity index (χ0v) is 22.5. The average Bonchev–Trinajstić information content (AvgIpc) is 3.56. The number of piperidine rings is 1. The van der Waals surface area contributed by atoms with Crippen LogP contribution in [0, 0.1) is 11.2 Å². The van der Waals surface area contributed by atoms with E-state index in [0.29, 0.717) is 18.5 Å². The Morgan fingerprint density at radius 2 is 1.88 bits per heavy atom. The third kappa shape index (κ3) is 5.01. The van der Waals surface area contributed by atoms with Crippen molar-refractivity contribution in [2.75, 3.05) is 19.7 Å². The van der Waals surface area contributed by atoms with Crippen molar-refractivity contribution in [1.29, 1.82) is 0 Å². The number of fused-ring (bicyclic) bond motifs is 2. The molecule has 1 saturated heterocycles. The van der Waals surface area contributed by atoms with Crippen molar-refractivity contribution in [3.8, 4) is 11.6 Å². The lowest BCUT2D eigenvalue weighted by atomic mass is 9.69. The number of ether oxygens (including phenoxy) is 1. The zero-order valence-electron chi connectivity index (χ0n) is 21.7. The minimum Gasteiger partial charge on any atom is -0.477 e. The quantitative estimate of drug-likeness (QED) is 0.313. The lowest BCUT2D eigenvalue weighted by Crippen LogP contribution is -2.51. The minimum absolute atomic E-state index is 0.0240. The van der Waals surface area contributed by atoms with Crippen LogP contribution in [0.4, 0.5) is 17.6 Å².